The molecular weight excluding hydrogens is 440 g/mol. The second-order valence-corrected chi connectivity index (χ2v) is 9.29. The van der Waals surface area contributed by atoms with Gasteiger partial charge in [0.1, 0.15) is 21.8 Å². The van der Waals surface area contributed by atoms with Gasteiger partial charge in [-0.05, 0) is 30.5 Å². The monoisotopic (exact) mass is 466 g/mol. The molecule has 1 aliphatic heterocycles. The maximum Gasteiger partial charge on any atom is 0.270 e. The summed E-state index contributed by atoms with van der Waals surface area (Å²) in [5, 5.41) is 12.9. The Kier molecular flexibility index (Phi) is 7.89. The molecule has 32 heavy (non-hydrogen) atoms. The Balaban J connectivity index is 2.02. The SMILES string of the molecule is CCCCCN1C(=O)/C(=C\c2c(C)c(C#N)c(=O)n(C)c2NCc2ccccc2)SC1=S. The highest BCUT2D eigenvalue weighted by molar-refractivity contribution is 8.26. The number of hydrogen-bond donors (Lipinski definition) is 1. The molecule has 8 heteroatoms. The molecule has 1 amide bonds. The number of thiocarbonyl (C=S) groups is 1. The Morgan fingerprint density at radius 2 is 1.94 bits per heavy atom. The summed E-state index contributed by atoms with van der Waals surface area (Å²) in [5.41, 5.74) is 1.94. The number of carbonyl (C=O) groups is 1. The summed E-state index contributed by atoms with van der Waals surface area (Å²) in [6, 6.07) is 11.8. The second kappa shape index (κ2) is 10.6. The van der Waals surface area contributed by atoms with Crippen molar-refractivity contribution in [3.05, 3.63) is 67.8 Å². The number of rotatable bonds is 8. The molecular formula is C24H26N4O2S2. The van der Waals surface area contributed by atoms with Crippen molar-refractivity contribution in [2.45, 2.75) is 39.7 Å². The fourth-order valence-electron chi connectivity index (χ4n) is 3.57. The van der Waals surface area contributed by atoms with Crippen LogP contribution in [0.2, 0.25) is 0 Å². The van der Waals surface area contributed by atoms with Gasteiger partial charge >= 0.3 is 0 Å². The average Bonchev–Trinajstić information content (AvgIpc) is 3.05. The molecule has 2 aromatic rings. The van der Waals surface area contributed by atoms with Gasteiger partial charge in [0.05, 0.1) is 4.91 Å². The number of anilines is 1. The van der Waals surface area contributed by atoms with Gasteiger partial charge in [0.25, 0.3) is 11.5 Å². The minimum atomic E-state index is -0.371. The van der Waals surface area contributed by atoms with Crippen LogP contribution in [0.15, 0.2) is 40.0 Å². The Bertz CT molecular complexity index is 1160. The second-order valence-electron chi connectivity index (χ2n) is 7.62. The molecule has 0 radical (unpaired) electrons. The molecule has 166 valence electrons. The van der Waals surface area contributed by atoms with Gasteiger partial charge in [0.15, 0.2) is 0 Å². The summed E-state index contributed by atoms with van der Waals surface area (Å²) in [5.74, 6) is 0.434. The molecule has 1 N–H and O–H groups in total. The van der Waals surface area contributed by atoms with Crippen molar-refractivity contribution in [2.24, 2.45) is 7.05 Å². The van der Waals surface area contributed by atoms with E-state index in [1.54, 1.807) is 24.9 Å². The van der Waals surface area contributed by atoms with Crippen LogP contribution >= 0.6 is 24.0 Å². The standard InChI is InChI=1S/C24H26N4O2S2/c1-4-5-9-12-28-23(30)20(32-24(28)31)13-18-16(2)19(14-25)22(29)27(3)21(18)26-15-17-10-7-6-8-11-17/h6-8,10-11,13,26H,4-5,9,12,15H2,1-3H3/b20-13+. The largest absolute Gasteiger partial charge is 0.367 e. The lowest BCUT2D eigenvalue weighted by molar-refractivity contribution is -0.122. The summed E-state index contributed by atoms with van der Waals surface area (Å²) in [7, 11) is 1.63. The van der Waals surface area contributed by atoms with E-state index >= 15 is 0 Å². The number of unbranched alkanes of at least 4 members (excludes halogenated alkanes) is 2. The zero-order valence-corrected chi connectivity index (χ0v) is 20.1. The number of pyridine rings is 1. The molecule has 0 saturated carbocycles. The Hall–Kier alpha value is -2.89. The maximum absolute atomic E-state index is 13.0. The van der Waals surface area contributed by atoms with Crippen molar-refractivity contribution in [3.8, 4) is 6.07 Å². The van der Waals surface area contributed by atoms with Gasteiger partial charge in [0.2, 0.25) is 0 Å². The van der Waals surface area contributed by atoms with Gasteiger partial charge in [0, 0.05) is 25.7 Å². The quantitative estimate of drug-likeness (QED) is 0.349. The highest BCUT2D eigenvalue weighted by Gasteiger charge is 2.32. The van der Waals surface area contributed by atoms with Crippen LogP contribution in [0.3, 0.4) is 0 Å². The first-order valence-electron chi connectivity index (χ1n) is 10.6. The number of thioether (sulfide) groups is 1. The van der Waals surface area contributed by atoms with Crippen LogP contribution in [0, 0.1) is 18.3 Å². The lowest BCUT2D eigenvalue weighted by atomic mass is 10.0. The first-order chi connectivity index (χ1) is 15.4. The summed E-state index contributed by atoms with van der Waals surface area (Å²) in [6.45, 7) is 4.95. The summed E-state index contributed by atoms with van der Waals surface area (Å²) in [4.78, 5) is 27.9. The zero-order valence-electron chi connectivity index (χ0n) is 18.5. The third-order valence-electron chi connectivity index (χ3n) is 5.44. The number of amides is 1. The third-order valence-corrected chi connectivity index (χ3v) is 6.81. The van der Waals surface area contributed by atoms with E-state index in [0.717, 1.165) is 24.8 Å². The lowest BCUT2D eigenvalue weighted by Gasteiger charge is -2.18. The summed E-state index contributed by atoms with van der Waals surface area (Å²) in [6.07, 6.45) is 4.75. The molecule has 1 aromatic heterocycles. The van der Waals surface area contributed by atoms with Crippen LogP contribution in [-0.4, -0.2) is 26.2 Å². The number of hydrogen-bond acceptors (Lipinski definition) is 6. The van der Waals surface area contributed by atoms with Crippen molar-refractivity contribution in [1.29, 1.82) is 5.26 Å². The number of benzene rings is 1. The summed E-state index contributed by atoms with van der Waals surface area (Å²) >= 11 is 6.70. The third kappa shape index (κ3) is 4.95. The van der Waals surface area contributed by atoms with Crippen molar-refractivity contribution >= 4 is 46.1 Å². The molecule has 0 unspecified atom stereocenters. The Labute approximate surface area is 197 Å². The van der Waals surface area contributed by atoms with Crippen molar-refractivity contribution in [1.82, 2.24) is 9.47 Å². The average molecular weight is 467 g/mol. The molecule has 0 atom stereocenters. The van der Waals surface area contributed by atoms with E-state index in [1.807, 2.05) is 36.4 Å². The smallest absolute Gasteiger partial charge is 0.270 e. The first-order valence-corrected chi connectivity index (χ1v) is 11.8. The molecule has 6 nitrogen and oxygen atoms in total. The van der Waals surface area contributed by atoms with E-state index in [9.17, 15) is 14.9 Å². The molecule has 1 saturated heterocycles. The van der Waals surface area contributed by atoms with Gasteiger partial charge in [-0.3, -0.25) is 19.1 Å². The number of nitriles is 1. The minimum Gasteiger partial charge on any atom is -0.367 e. The fourth-order valence-corrected chi connectivity index (χ4v) is 4.86. The molecule has 1 aliphatic rings. The molecule has 0 bridgehead atoms. The van der Waals surface area contributed by atoms with E-state index in [2.05, 4.69) is 12.2 Å². The van der Waals surface area contributed by atoms with Crippen LogP contribution in [-0.2, 0) is 18.4 Å². The van der Waals surface area contributed by atoms with E-state index in [-0.39, 0.29) is 17.0 Å². The molecule has 2 heterocycles. The van der Waals surface area contributed by atoms with E-state index in [0.29, 0.717) is 39.3 Å². The van der Waals surface area contributed by atoms with Crippen LogP contribution < -0.4 is 10.9 Å². The molecule has 3 rings (SSSR count). The van der Waals surface area contributed by atoms with Crippen LogP contribution in [0.5, 0.6) is 0 Å². The van der Waals surface area contributed by atoms with Crippen LogP contribution in [0.25, 0.3) is 6.08 Å². The first kappa shape index (κ1) is 23.8. The van der Waals surface area contributed by atoms with Crippen molar-refractivity contribution in [3.63, 3.8) is 0 Å². The van der Waals surface area contributed by atoms with Crippen LogP contribution in [0.4, 0.5) is 5.82 Å². The van der Waals surface area contributed by atoms with Crippen LogP contribution in [0.1, 0.15) is 48.4 Å². The molecule has 1 fully saturated rings. The number of carbonyl (C=O) groups excluding carboxylic acids is 1. The number of aromatic nitrogens is 1. The number of nitrogens with zero attached hydrogens (tertiary/aromatic N) is 3. The summed E-state index contributed by atoms with van der Waals surface area (Å²) < 4.78 is 1.97. The topological polar surface area (TPSA) is 78.1 Å². The predicted molar refractivity (Wildman–Crippen MR) is 134 cm³/mol. The van der Waals surface area contributed by atoms with E-state index in [1.165, 1.54) is 16.3 Å². The Morgan fingerprint density at radius 1 is 1.22 bits per heavy atom. The minimum absolute atomic E-state index is 0.0717. The predicted octanol–water partition coefficient (Wildman–Crippen LogP) is 4.57. The Morgan fingerprint density at radius 3 is 2.59 bits per heavy atom. The molecule has 0 spiro atoms. The molecule has 0 aliphatic carbocycles. The lowest BCUT2D eigenvalue weighted by Crippen LogP contribution is -2.29. The van der Waals surface area contributed by atoms with E-state index in [4.69, 9.17) is 12.2 Å². The van der Waals surface area contributed by atoms with Gasteiger partial charge in [-0.2, -0.15) is 5.26 Å². The highest BCUT2D eigenvalue weighted by atomic mass is 32.2. The normalized spacial score (nSPS) is 14.8. The maximum atomic E-state index is 13.0. The van der Waals surface area contributed by atoms with Gasteiger partial charge in [-0.25, -0.2) is 0 Å². The number of nitrogens with one attached hydrogen (secondary N) is 1. The van der Waals surface area contributed by atoms with Gasteiger partial charge in [-0.15, -0.1) is 0 Å². The highest BCUT2D eigenvalue weighted by Crippen LogP contribution is 2.35. The van der Waals surface area contributed by atoms with Crippen molar-refractivity contribution in [2.75, 3.05) is 11.9 Å². The molecule has 1 aromatic carbocycles. The fraction of sp³-hybridized carbons (Fsp3) is 0.333. The van der Waals surface area contributed by atoms with Gasteiger partial charge < -0.3 is 5.32 Å². The zero-order chi connectivity index (χ0) is 23.3. The van der Waals surface area contributed by atoms with Crippen molar-refractivity contribution < 1.29 is 4.79 Å². The van der Waals surface area contributed by atoms with E-state index < -0.39 is 0 Å². The van der Waals surface area contributed by atoms with Gasteiger partial charge in [-0.1, -0.05) is 74.1 Å².